The Labute approximate surface area is 140 Å². The Hall–Kier alpha value is -1.13. The Morgan fingerprint density at radius 3 is 2.68 bits per heavy atom. The molecule has 0 atom stereocenters. The van der Waals surface area contributed by atoms with Gasteiger partial charge in [-0.15, -0.1) is 0 Å². The first-order chi connectivity index (χ1) is 10.5. The standard InChI is InChI=1S/C18H29N3S/c1-14-7-11-21(12-8-14)10-4-9-19-18(22)20-17-6-5-15(2)13-16(17)3/h5-6,13-14H,4,7-12H2,1-3H3,(H2,19,20,22). The number of anilines is 1. The molecule has 0 saturated carbocycles. The molecule has 122 valence electrons. The highest BCUT2D eigenvalue weighted by Crippen LogP contribution is 2.16. The van der Waals surface area contributed by atoms with Gasteiger partial charge in [-0.05, 0) is 82.5 Å². The van der Waals surface area contributed by atoms with Crippen molar-refractivity contribution in [2.24, 2.45) is 5.92 Å². The number of nitrogens with one attached hydrogen (secondary N) is 2. The molecule has 0 radical (unpaired) electrons. The molecule has 22 heavy (non-hydrogen) atoms. The van der Waals surface area contributed by atoms with Crippen molar-refractivity contribution in [1.82, 2.24) is 10.2 Å². The van der Waals surface area contributed by atoms with Gasteiger partial charge in [0.25, 0.3) is 0 Å². The Kier molecular flexibility index (Phi) is 6.65. The van der Waals surface area contributed by atoms with Gasteiger partial charge in [0.05, 0.1) is 0 Å². The monoisotopic (exact) mass is 319 g/mol. The predicted octanol–water partition coefficient (Wildman–Crippen LogP) is 3.71. The van der Waals surface area contributed by atoms with E-state index in [-0.39, 0.29) is 0 Å². The topological polar surface area (TPSA) is 27.3 Å². The normalized spacial score (nSPS) is 16.5. The molecular weight excluding hydrogens is 290 g/mol. The maximum Gasteiger partial charge on any atom is 0.170 e. The minimum atomic E-state index is 0.721. The first-order valence-electron chi connectivity index (χ1n) is 8.39. The van der Waals surface area contributed by atoms with Crippen molar-refractivity contribution < 1.29 is 0 Å². The van der Waals surface area contributed by atoms with Crippen LogP contribution in [0.15, 0.2) is 18.2 Å². The molecule has 2 N–H and O–H groups in total. The zero-order valence-corrected chi connectivity index (χ0v) is 14.9. The molecule has 0 spiro atoms. The minimum Gasteiger partial charge on any atom is -0.362 e. The molecule has 1 aliphatic heterocycles. The molecule has 3 nitrogen and oxygen atoms in total. The van der Waals surface area contributed by atoms with Crippen molar-refractivity contribution in [2.75, 3.05) is 31.5 Å². The van der Waals surface area contributed by atoms with Crippen LogP contribution in [0.1, 0.15) is 37.3 Å². The van der Waals surface area contributed by atoms with Crippen molar-refractivity contribution in [3.8, 4) is 0 Å². The Balaban J connectivity index is 1.63. The molecule has 1 fully saturated rings. The fraction of sp³-hybridized carbons (Fsp3) is 0.611. The van der Waals surface area contributed by atoms with E-state index in [9.17, 15) is 0 Å². The fourth-order valence-corrected chi connectivity index (χ4v) is 3.12. The van der Waals surface area contributed by atoms with Gasteiger partial charge in [0.2, 0.25) is 0 Å². The number of benzene rings is 1. The Morgan fingerprint density at radius 2 is 2.00 bits per heavy atom. The predicted molar refractivity (Wildman–Crippen MR) is 99.6 cm³/mol. The lowest BCUT2D eigenvalue weighted by atomic mass is 9.99. The van der Waals surface area contributed by atoms with E-state index in [0.717, 1.165) is 29.7 Å². The van der Waals surface area contributed by atoms with Crippen LogP contribution < -0.4 is 10.6 Å². The Bertz CT molecular complexity index is 493. The van der Waals surface area contributed by atoms with E-state index in [2.05, 4.69) is 54.5 Å². The van der Waals surface area contributed by atoms with E-state index in [4.69, 9.17) is 12.2 Å². The molecule has 2 rings (SSSR count). The van der Waals surface area contributed by atoms with Crippen LogP contribution in [0.4, 0.5) is 5.69 Å². The second kappa shape index (κ2) is 8.49. The third kappa shape index (κ3) is 5.58. The highest BCUT2D eigenvalue weighted by Gasteiger charge is 2.14. The van der Waals surface area contributed by atoms with E-state index in [1.165, 1.54) is 43.6 Å². The van der Waals surface area contributed by atoms with Crippen molar-refractivity contribution >= 4 is 23.0 Å². The highest BCUT2D eigenvalue weighted by molar-refractivity contribution is 7.80. The maximum atomic E-state index is 5.38. The first kappa shape index (κ1) is 17.2. The number of aryl methyl sites for hydroxylation is 2. The lowest BCUT2D eigenvalue weighted by molar-refractivity contribution is 0.191. The van der Waals surface area contributed by atoms with Crippen LogP contribution in [0.3, 0.4) is 0 Å². The summed E-state index contributed by atoms with van der Waals surface area (Å²) in [5.41, 5.74) is 3.59. The third-order valence-corrected chi connectivity index (χ3v) is 4.69. The van der Waals surface area contributed by atoms with E-state index in [0.29, 0.717) is 0 Å². The number of nitrogens with zero attached hydrogens (tertiary/aromatic N) is 1. The summed E-state index contributed by atoms with van der Waals surface area (Å²) in [6, 6.07) is 6.37. The summed E-state index contributed by atoms with van der Waals surface area (Å²) in [7, 11) is 0. The maximum absolute atomic E-state index is 5.38. The molecule has 1 saturated heterocycles. The third-order valence-electron chi connectivity index (χ3n) is 4.44. The molecule has 0 bridgehead atoms. The number of hydrogen-bond donors (Lipinski definition) is 2. The number of piperidine rings is 1. The summed E-state index contributed by atoms with van der Waals surface area (Å²) < 4.78 is 0. The first-order valence-corrected chi connectivity index (χ1v) is 8.80. The van der Waals surface area contributed by atoms with Gasteiger partial charge < -0.3 is 15.5 Å². The van der Waals surface area contributed by atoms with Crippen LogP contribution in [-0.4, -0.2) is 36.2 Å². The van der Waals surface area contributed by atoms with E-state index in [1.54, 1.807) is 0 Å². The van der Waals surface area contributed by atoms with Crippen LogP contribution in [0.5, 0.6) is 0 Å². The second-order valence-electron chi connectivity index (χ2n) is 6.58. The Morgan fingerprint density at radius 1 is 1.27 bits per heavy atom. The van der Waals surface area contributed by atoms with Crippen LogP contribution in [-0.2, 0) is 0 Å². The molecule has 0 aromatic heterocycles. The van der Waals surface area contributed by atoms with Gasteiger partial charge in [0.15, 0.2) is 5.11 Å². The molecule has 1 heterocycles. The molecule has 0 aliphatic carbocycles. The number of thiocarbonyl (C=S) groups is 1. The summed E-state index contributed by atoms with van der Waals surface area (Å²) in [6.07, 6.45) is 3.84. The van der Waals surface area contributed by atoms with Gasteiger partial charge in [-0.3, -0.25) is 0 Å². The van der Waals surface area contributed by atoms with Crippen LogP contribution in [0.2, 0.25) is 0 Å². The average Bonchev–Trinajstić information content (AvgIpc) is 2.48. The van der Waals surface area contributed by atoms with Crippen molar-refractivity contribution in [2.45, 2.75) is 40.0 Å². The molecule has 4 heteroatoms. The van der Waals surface area contributed by atoms with E-state index in [1.807, 2.05) is 0 Å². The van der Waals surface area contributed by atoms with E-state index >= 15 is 0 Å². The van der Waals surface area contributed by atoms with Gasteiger partial charge in [0, 0.05) is 12.2 Å². The summed E-state index contributed by atoms with van der Waals surface area (Å²) in [5.74, 6) is 0.906. The molecule has 0 amide bonds. The summed E-state index contributed by atoms with van der Waals surface area (Å²) in [5, 5.41) is 7.32. The van der Waals surface area contributed by atoms with Crippen molar-refractivity contribution in [3.63, 3.8) is 0 Å². The van der Waals surface area contributed by atoms with Gasteiger partial charge in [-0.2, -0.15) is 0 Å². The molecule has 0 unspecified atom stereocenters. The summed E-state index contributed by atoms with van der Waals surface area (Å²) in [4.78, 5) is 2.57. The summed E-state index contributed by atoms with van der Waals surface area (Å²) >= 11 is 5.38. The minimum absolute atomic E-state index is 0.721. The number of likely N-dealkylation sites (tertiary alicyclic amines) is 1. The molecule has 1 aromatic rings. The van der Waals surface area contributed by atoms with Crippen molar-refractivity contribution in [1.29, 1.82) is 0 Å². The summed E-state index contributed by atoms with van der Waals surface area (Å²) in [6.45, 7) is 11.2. The lowest BCUT2D eigenvalue weighted by Gasteiger charge is -2.30. The van der Waals surface area contributed by atoms with Gasteiger partial charge >= 0.3 is 0 Å². The zero-order valence-electron chi connectivity index (χ0n) is 14.1. The highest BCUT2D eigenvalue weighted by atomic mass is 32.1. The van der Waals surface area contributed by atoms with Gasteiger partial charge in [-0.25, -0.2) is 0 Å². The van der Waals surface area contributed by atoms with Gasteiger partial charge in [0.1, 0.15) is 0 Å². The van der Waals surface area contributed by atoms with Crippen LogP contribution in [0, 0.1) is 19.8 Å². The molecular formula is C18H29N3S. The van der Waals surface area contributed by atoms with Crippen molar-refractivity contribution in [3.05, 3.63) is 29.3 Å². The molecule has 1 aromatic carbocycles. The number of hydrogen-bond acceptors (Lipinski definition) is 2. The van der Waals surface area contributed by atoms with Crippen LogP contribution >= 0.6 is 12.2 Å². The molecule has 1 aliphatic rings. The van der Waals surface area contributed by atoms with Gasteiger partial charge in [-0.1, -0.05) is 24.6 Å². The van der Waals surface area contributed by atoms with Crippen LogP contribution in [0.25, 0.3) is 0 Å². The number of rotatable bonds is 5. The SMILES string of the molecule is Cc1ccc(NC(=S)NCCCN2CCC(C)CC2)c(C)c1. The smallest absolute Gasteiger partial charge is 0.170 e. The quantitative estimate of drug-likeness (QED) is 0.639. The lowest BCUT2D eigenvalue weighted by Crippen LogP contribution is -2.36. The second-order valence-corrected chi connectivity index (χ2v) is 6.99. The average molecular weight is 320 g/mol. The van der Waals surface area contributed by atoms with E-state index < -0.39 is 0 Å². The zero-order chi connectivity index (χ0) is 15.9. The fourth-order valence-electron chi connectivity index (χ4n) is 2.91. The largest absolute Gasteiger partial charge is 0.362 e.